The smallest absolute Gasteiger partial charge is 0.297 e. The number of pyridine rings is 1. The maximum Gasteiger partial charge on any atom is 0.405 e. The summed E-state index contributed by atoms with van der Waals surface area (Å²) in [4.78, 5) is 4.55. The van der Waals surface area contributed by atoms with Crippen LogP contribution in [0, 0.1) is 11.3 Å². The first-order valence-corrected chi connectivity index (χ1v) is 9.63. The second kappa shape index (κ2) is 11.3. The van der Waals surface area contributed by atoms with Crippen molar-refractivity contribution >= 4 is 7.75 Å². The zero-order valence-electron chi connectivity index (χ0n) is 14.0. The summed E-state index contributed by atoms with van der Waals surface area (Å²) in [6.07, 6.45) is 4.47. The molecule has 0 unspecified atom stereocenters. The molecule has 1 rings (SSSR count). The Labute approximate surface area is 138 Å². The largest absolute Gasteiger partial charge is 0.405 e. The summed E-state index contributed by atoms with van der Waals surface area (Å²) >= 11 is 0. The van der Waals surface area contributed by atoms with Crippen LogP contribution in [-0.4, -0.2) is 18.2 Å². The Kier molecular flexibility index (Phi) is 9.74. The summed E-state index contributed by atoms with van der Waals surface area (Å²) in [5.41, 5.74) is 1.81. The molecule has 128 valence electrons. The van der Waals surface area contributed by atoms with Crippen LogP contribution in [0.3, 0.4) is 0 Å². The van der Waals surface area contributed by atoms with Crippen molar-refractivity contribution in [3.63, 3.8) is 0 Å². The van der Waals surface area contributed by atoms with E-state index in [4.69, 9.17) is 14.3 Å². The Morgan fingerprint density at radius 2 is 1.87 bits per heavy atom. The van der Waals surface area contributed by atoms with Crippen LogP contribution < -0.4 is 5.09 Å². The van der Waals surface area contributed by atoms with Gasteiger partial charge in [-0.05, 0) is 45.2 Å². The van der Waals surface area contributed by atoms with Gasteiger partial charge in [0.15, 0.2) is 0 Å². The molecule has 1 aromatic rings. The van der Waals surface area contributed by atoms with Gasteiger partial charge in [0, 0.05) is 18.7 Å². The Hall–Kier alpha value is -1.25. The number of nitriles is 1. The Balaban J connectivity index is 2.49. The zero-order valence-corrected chi connectivity index (χ0v) is 14.8. The highest BCUT2D eigenvalue weighted by molar-refractivity contribution is 7.51. The molecule has 6 nitrogen and oxygen atoms in total. The second-order valence-corrected chi connectivity index (χ2v) is 6.83. The number of nitrogens with one attached hydrogen (secondary N) is 1. The fourth-order valence-corrected chi connectivity index (χ4v) is 3.39. The summed E-state index contributed by atoms with van der Waals surface area (Å²) in [6, 6.07) is 7.97. The van der Waals surface area contributed by atoms with Crippen molar-refractivity contribution in [1.82, 2.24) is 10.1 Å². The van der Waals surface area contributed by atoms with E-state index in [-0.39, 0.29) is 0 Å². The number of unbranched alkanes of at least 4 members (excludes halogenated alkanes) is 3. The van der Waals surface area contributed by atoms with Crippen molar-refractivity contribution in [2.45, 2.75) is 52.5 Å². The Bertz CT molecular complexity index is 536. The third kappa shape index (κ3) is 8.24. The van der Waals surface area contributed by atoms with Gasteiger partial charge in [-0.25, -0.2) is 9.65 Å². The monoisotopic (exact) mass is 339 g/mol. The molecule has 1 heterocycles. The summed E-state index contributed by atoms with van der Waals surface area (Å²) in [5, 5.41) is 11.3. The number of nitrogens with zero attached hydrogens (tertiary/aromatic N) is 2. The van der Waals surface area contributed by atoms with E-state index < -0.39 is 7.75 Å². The summed E-state index contributed by atoms with van der Waals surface area (Å²) in [7, 11) is -3.25. The SMILES string of the molecule is CCOP(=O)(NCc1cccc(CCCCCC#N)n1)OCC. The molecule has 23 heavy (non-hydrogen) atoms. The van der Waals surface area contributed by atoms with Crippen LogP contribution in [0.1, 0.15) is 50.9 Å². The topological polar surface area (TPSA) is 84.2 Å². The lowest BCUT2D eigenvalue weighted by molar-refractivity contribution is 0.210. The van der Waals surface area contributed by atoms with E-state index in [1.165, 1.54) is 0 Å². The quantitative estimate of drug-likeness (QED) is 0.458. The van der Waals surface area contributed by atoms with Crippen molar-refractivity contribution in [3.8, 4) is 6.07 Å². The predicted octanol–water partition coefficient (Wildman–Crippen LogP) is 3.98. The van der Waals surface area contributed by atoms with Crippen molar-refractivity contribution in [1.29, 1.82) is 5.26 Å². The van der Waals surface area contributed by atoms with Crippen LogP contribution in [0.2, 0.25) is 0 Å². The fourth-order valence-electron chi connectivity index (χ4n) is 2.10. The lowest BCUT2D eigenvalue weighted by Gasteiger charge is -2.17. The van der Waals surface area contributed by atoms with Gasteiger partial charge in [-0.1, -0.05) is 12.5 Å². The highest BCUT2D eigenvalue weighted by Crippen LogP contribution is 2.43. The van der Waals surface area contributed by atoms with Crippen LogP contribution in [0.25, 0.3) is 0 Å². The summed E-state index contributed by atoms with van der Waals surface area (Å²) in [5.74, 6) is 0. The van der Waals surface area contributed by atoms with E-state index in [0.29, 0.717) is 26.2 Å². The predicted molar refractivity (Wildman–Crippen MR) is 89.7 cm³/mol. The van der Waals surface area contributed by atoms with Crippen LogP contribution in [0.4, 0.5) is 0 Å². The first-order chi connectivity index (χ1) is 11.1. The number of rotatable bonds is 12. The molecule has 0 saturated heterocycles. The van der Waals surface area contributed by atoms with E-state index in [0.717, 1.165) is 37.1 Å². The molecule has 0 amide bonds. The van der Waals surface area contributed by atoms with Crippen LogP contribution in [-0.2, 0) is 26.6 Å². The molecule has 0 bridgehead atoms. The highest BCUT2D eigenvalue weighted by Gasteiger charge is 2.22. The lowest BCUT2D eigenvalue weighted by Crippen LogP contribution is -2.15. The number of aromatic nitrogens is 1. The molecule has 0 spiro atoms. The van der Waals surface area contributed by atoms with Gasteiger partial charge >= 0.3 is 7.75 Å². The molecular weight excluding hydrogens is 313 g/mol. The van der Waals surface area contributed by atoms with E-state index >= 15 is 0 Å². The first-order valence-electron chi connectivity index (χ1n) is 8.09. The number of aryl methyl sites for hydroxylation is 1. The van der Waals surface area contributed by atoms with Crippen molar-refractivity contribution in [2.75, 3.05) is 13.2 Å². The summed E-state index contributed by atoms with van der Waals surface area (Å²) < 4.78 is 22.7. The van der Waals surface area contributed by atoms with Crippen LogP contribution in [0.15, 0.2) is 18.2 Å². The van der Waals surface area contributed by atoms with Crippen molar-refractivity contribution < 1.29 is 13.6 Å². The average molecular weight is 339 g/mol. The minimum absolute atomic E-state index is 0.320. The van der Waals surface area contributed by atoms with Gasteiger partial charge in [0.05, 0.1) is 25.0 Å². The molecule has 1 N–H and O–H groups in total. The van der Waals surface area contributed by atoms with Crippen LogP contribution >= 0.6 is 7.75 Å². The van der Waals surface area contributed by atoms with E-state index in [2.05, 4.69) is 16.1 Å². The van der Waals surface area contributed by atoms with Crippen molar-refractivity contribution in [3.05, 3.63) is 29.6 Å². The van der Waals surface area contributed by atoms with Crippen molar-refractivity contribution in [2.24, 2.45) is 0 Å². The second-order valence-electron chi connectivity index (χ2n) is 5.01. The molecule has 0 aliphatic rings. The standard InChI is InChI=1S/C16H26N3O3P/c1-3-21-23(20,22-4-2)18-14-16-12-9-11-15(19-16)10-7-5-6-8-13-17/h9,11-12H,3-8,10,14H2,1-2H3,(H,18,20). The lowest BCUT2D eigenvalue weighted by atomic mass is 10.1. The Morgan fingerprint density at radius 3 is 2.52 bits per heavy atom. The van der Waals surface area contributed by atoms with Gasteiger partial charge in [0.25, 0.3) is 0 Å². The zero-order chi connectivity index (χ0) is 17.0. The van der Waals surface area contributed by atoms with Gasteiger partial charge in [0.2, 0.25) is 0 Å². The first kappa shape index (κ1) is 19.8. The van der Waals surface area contributed by atoms with Gasteiger partial charge in [-0.2, -0.15) is 5.26 Å². The molecule has 0 radical (unpaired) electrons. The van der Waals surface area contributed by atoms with Gasteiger partial charge < -0.3 is 0 Å². The third-order valence-electron chi connectivity index (χ3n) is 3.14. The van der Waals surface area contributed by atoms with Gasteiger partial charge in [-0.3, -0.25) is 14.0 Å². The van der Waals surface area contributed by atoms with Crippen LogP contribution in [0.5, 0.6) is 0 Å². The van der Waals surface area contributed by atoms with E-state index in [1.54, 1.807) is 13.8 Å². The number of hydrogen-bond donors (Lipinski definition) is 1. The number of hydrogen-bond acceptors (Lipinski definition) is 5. The Morgan fingerprint density at radius 1 is 1.17 bits per heavy atom. The van der Waals surface area contributed by atoms with Gasteiger partial charge in [0.1, 0.15) is 0 Å². The molecule has 0 aliphatic heterocycles. The molecule has 0 saturated carbocycles. The normalized spacial score (nSPS) is 11.3. The van der Waals surface area contributed by atoms with Gasteiger partial charge in [-0.15, -0.1) is 0 Å². The molecule has 0 fully saturated rings. The molecule has 0 aromatic carbocycles. The maximum absolute atomic E-state index is 12.3. The average Bonchev–Trinajstić information content (AvgIpc) is 2.54. The maximum atomic E-state index is 12.3. The minimum Gasteiger partial charge on any atom is -0.297 e. The molecule has 0 atom stereocenters. The fraction of sp³-hybridized carbons (Fsp3) is 0.625. The summed E-state index contributed by atoms with van der Waals surface area (Å²) in [6.45, 7) is 4.53. The third-order valence-corrected chi connectivity index (χ3v) is 4.88. The van der Waals surface area contributed by atoms with E-state index in [1.807, 2.05) is 18.2 Å². The highest BCUT2D eigenvalue weighted by atomic mass is 31.2. The molecule has 1 aromatic heterocycles. The molecular formula is C16H26N3O3P. The molecule has 7 heteroatoms. The molecule has 0 aliphatic carbocycles. The minimum atomic E-state index is -3.25. The van der Waals surface area contributed by atoms with E-state index in [9.17, 15) is 4.57 Å².